The van der Waals surface area contributed by atoms with Crippen LogP contribution in [0.2, 0.25) is 0 Å². The zero-order valence-corrected chi connectivity index (χ0v) is 12.2. The molecule has 22 heavy (non-hydrogen) atoms. The number of pyridine rings is 1. The van der Waals surface area contributed by atoms with Gasteiger partial charge in [-0.15, -0.1) is 0 Å². The predicted molar refractivity (Wildman–Crippen MR) is 86.7 cm³/mol. The molecule has 4 rings (SSSR count). The maximum absolute atomic E-state index is 12.0. The Morgan fingerprint density at radius 2 is 1.82 bits per heavy atom. The molecular formula is C19H16N2O. The Kier molecular flexibility index (Phi) is 3.11. The highest BCUT2D eigenvalue weighted by Crippen LogP contribution is 2.29. The molecule has 0 amide bonds. The van der Waals surface area contributed by atoms with E-state index >= 15 is 0 Å². The lowest BCUT2D eigenvalue weighted by molar-refractivity contribution is 0.0972. The zero-order chi connectivity index (χ0) is 14.9. The van der Waals surface area contributed by atoms with E-state index in [1.807, 2.05) is 36.5 Å². The Hall–Kier alpha value is -2.68. The number of aromatic nitrogens is 2. The Labute approximate surface area is 129 Å². The van der Waals surface area contributed by atoms with Crippen LogP contribution in [0.3, 0.4) is 0 Å². The first kappa shape index (κ1) is 13.0. The SMILES string of the molecule is O=C1CCCc2[nH]c(-c3ccnc(-c4ccccc4)c3)cc21. The highest BCUT2D eigenvalue weighted by atomic mass is 16.1. The van der Waals surface area contributed by atoms with Crippen molar-refractivity contribution in [2.75, 3.05) is 0 Å². The van der Waals surface area contributed by atoms with Crippen molar-refractivity contribution in [3.05, 3.63) is 66.0 Å². The van der Waals surface area contributed by atoms with Crippen molar-refractivity contribution in [3.8, 4) is 22.5 Å². The summed E-state index contributed by atoms with van der Waals surface area (Å²) in [6.07, 6.45) is 4.38. The van der Waals surface area contributed by atoms with Crippen molar-refractivity contribution >= 4 is 5.78 Å². The van der Waals surface area contributed by atoms with Crippen LogP contribution in [0.1, 0.15) is 28.9 Å². The van der Waals surface area contributed by atoms with Crippen LogP contribution < -0.4 is 0 Å². The quantitative estimate of drug-likeness (QED) is 0.765. The number of H-pyrrole nitrogens is 1. The van der Waals surface area contributed by atoms with E-state index in [-0.39, 0.29) is 5.78 Å². The first-order valence-electron chi connectivity index (χ1n) is 7.58. The Balaban J connectivity index is 1.76. The fraction of sp³-hybridized carbons (Fsp3) is 0.158. The molecule has 0 saturated heterocycles. The molecule has 0 radical (unpaired) electrons. The second-order valence-corrected chi connectivity index (χ2v) is 5.65. The van der Waals surface area contributed by atoms with Gasteiger partial charge in [0, 0.05) is 40.7 Å². The van der Waals surface area contributed by atoms with E-state index in [1.165, 1.54) is 0 Å². The van der Waals surface area contributed by atoms with Gasteiger partial charge in [0.1, 0.15) is 0 Å². The van der Waals surface area contributed by atoms with Gasteiger partial charge in [-0.2, -0.15) is 0 Å². The van der Waals surface area contributed by atoms with Crippen LogP contribution in [0.4, 0.5) is 0 Å². The molecule has 108 valence electrons. The largest absolute Gasteiger partial charge is 0.358 e. The number of benzene rings is 1. The minimum absolute atomic E-state index is 0.251. The number of ketones is 1. The van der Waals surface area contributed by atoms with E-state index in [1.54, 1.807) is 0 Å². The number of Topliss-reactive ketones (excluding diaryl/α,β-unsaturated/α-hetero) is 1. The minimum atomic E-state index is 0.251. The molecule has 0 bridgehead atoms. The summed E-state index contributed by atoms with van der Waals surface area (Å²) in [7, 11) is 0. The van der Waals surface area contributed by atoms with Crippen LogP contribution in [0.25, 0.3) is 22.5 Å². The Bertz CT molecular complexity index is 834. The van der Waals surface area contributed by atoms with Crippen LogP contribution in [-0.4, -0.2) is 15.8 Å². The third-order valence-corrected chi connectivity index (χ3v) is 4.17. The summed E-state index contributed by atoms with van der Waals surface area (Å²) >= 11 is 0. The van der Waals surface area contributed by atoms with Gasteiger partial charge in [0.15, 0.2) is 5.78 Å². The number of nitrogens with zero attached hydrogens (tertiary/aromatic N) is 1. The molecule has 3 nitrogen and oxygen atoms in total. The zero-order valence-electron chi connectivity index (χ0n) is 12.2. The van der Waals surface area contributed by atoms with E-state index in [9.17, 15) is 4.79 Å². The van der Waals surface area contributed by atoms with Gasteiger partial charge in [-0.3, -0.25) is 9.78 Å². The van der Waals surface area contributed by atoms with Crippen molar-refractivity contribution in [2.45, 2.75) is 19.3 Å². The average Bonchev–Trinajstić information content (AvgIpc) is 3.02. The molecule has 0 fully saturated rings. The lowest BCUT2D eigenvalue weighted by atomic mass is 9.96. The van der Waals surface area contributed by atoms with E-state index in [4.69, 9.17) is 0 Å². The van der Waals surface area contributed by atoms with Crippen molar-refractivity contribution in [2.24, 2.45) is 0 Å². The number of hydrogen-bond donors (Lipinski definition) is 1. The van der Waals surface area contributed by atoms with Crippen LogP contribution >= 0.6 is 0 Å². The van der Waals surface area contributed by atoms with Crippen LogP contribution in [0.15, 0.2) is 54.7 Å². The first-order chi connectivity index (χ1) is 10.8. The van der Waals surface area contributed by atoms with Gasteiger partial charge >= 0.3 is 0 Å². The second-order valence-electron chi connectivity index (χ2n) is 5.65. The fourth-order valence-electron chi connectivity index (χ4n) is 3.02. The van der Waals surface area contributed by atoms with Gasteiger partial charge in [-0.25, -0.2) is 0 Å². The summed E-state index contributed by atoms with van der Waals surface area (Å²) in [6, 6.07) is 16.2. The van der Waals surface area contributed by atoms with Crippen molar-refractivity contribution in [3.63, 3.8) is 0 Å². The highest BCUT2D eigenvalue weighted by molar-refractivity contribution is 5.99. The number of fused-ring (bicyclic) bond motifs is 1. The van der Waals surface area contributed by atoms with Crippen LogP contribution in [-0.2, 0) is 6.42 Å². The first-order valence-corrected chi connectivity index (χ1v) is 7.58. The molecule has 3 heteroatoms. The molecule has 1 N–H and O–H groups in total. The maximum atomic E-state index is 12.0. The topological polar surface area (TPSA) is 45.8 Å². The normalized spacial score (nSPS) is 13.9. The van der Waals surface area contributed by atoms with Crippen molar-refractivity contribution in [1.82, 2.24) is 9.97 Å². The molecular weight excluding hydrogens is 272 g/mol. The van der Waals surface area contributed by atoms with Crippen LogP contribution in [0.5, 0.6) is 0 Å². The predicted octanol–water partition coefficient (Wildman–Crippen LogP) is 4.26. The molecule has 0 saturated carbocycles. The Morgan fingerprint density at radius 1 is 0.955 bits per heavy atom. The summed E-state index contributed by atoms with van der Waals surface area (Å²) < 4.78 is 0. The molecule has 1 aromatic carbocycles. The number of nitrogens with one attached hydrogen (secondary N) is 1. The number of carbonyl (C=O) groups is 1. The standard InChI is InChI=1S/C19H16N2O/c22-19-8-4-7-16-15(19)12-18(21-16)14-9-10-20-17(11-14)13-5-2-1-3-6-13/h1-3,5-6,9-12,21H,4,7-8H2. The number of rotatable bonds is 2. The third kappa shape index (κ3) is 2.25. The van der Waals surface area contributed by atoms with E-state index < -0.39 is 0 Å². The third-order valence-electron chi connectivity index (χ3n) is 4.17. The average molecular weight is 288 g/mol. The summed E-state index contributed by atoms with van der Waals surface area (Å²) in [5, 5.41) is 0. The molecule has 1 aliphatic carbocycles. The molecule has 2 heterocycles. The summed E-state index contributed by atoms with van der Waals surface area (Å²) in [5.41, 5.74) is 6.04. The van der Waals surface area contributed by atoms with E-state index in [2.05, 4.69) is 28.2 Å². The van der Waals surface area contributed by atoms with Gasteiger partial charge in [0.05, 0.1) is 5.69 Å². The van der Waals surface area contributed by atoms with Gasteiger partial charge in [0.2, 0.25) is 0 Å². The molecule has 1 aliphatic rings. The number of hydrogen-bond acceptors (Lipinski definition) is 2. The number of carbonyl (C=O) groups excluding carboxylic acids is 1. The molecule has 0 atom stereocenters. The van der Waals surface area contributed by atoms with E-state index in [0.717, 1.165) is 46.6 Å². The van der Waals surface area contributed by atoms with Gasteiger partial charge < -0.3 is 4.98 Å². The fourth-order valence-corrected chi connectivity index (χ4v) is 3.02. The number of aryl methyl sites for hydroxylation is 1. The smallest absolute Gasteiger partial charge is 0.164 e. The van der Waals surface area contributed by atoms with Crippen LogP contribution in [0, 0.1) is 0 Å². The Morgan fingerprint density at radius 3 is 2.64 bits per heavy atom. The highest BCUT2D eigenvalue weighted by Gasteiger charge is 2.20. The summed E-state index contributed by atoms with van der Waals surface area (Å²) in [4.78, 5) is 19.8. The van der Waals surface area contributed by atoms with Gasteiger partial charge in [0.25, 0.3) is 0 Å². The molecule has 2 aromatic heterocycles. The maximum Gasteiger partial charge on any atom is 0.164 e. The monoisotopic (exact) mass is 288 g/mol. The second kappa shape index (κ2) is 5.26. The molecule has 0 aliphatic heterocycles. The lowest BCUT2D eigenvalue weighted by Gasteiger charge is -2.08. The summed E-state index contributed by atoms with van der Waals surface area (Å²) in [5.74, 6) is 0.251. The molecule has 0 spiro atoms. The lowest BCUT2D eigenvalue weighted by Crippen LogP contribution is -2.08. The molecule has 3 aromatic rings. The van der Waals surface area contributed by atoms with Gasteiger partial charge in [-0.1, -0.05) is 30.3 Å². The van der Waals surface area contributed by atoms with Crippen molar-refractivity contribution < 1.29 is 4.79 Å². The molecule has 0 unspecified atom stereocenters. The minimum Gasteiger partial charge on any atom is -0.358 e. The van der Waals surface area contributed by atoms with Gasteiger partial charge in [-0.05, 0) is 31.0 Å². The van der Waals surface area contributed by atoms with E-state index in [0.29, 0.717) is 6.42 Å². The number of aromatic amines is 1. The summed E-state index contributed by atoms with van der Waals surface area (Å²) in [6.45, 7) is 0. The van der Waals surface area contributed by atoms with Crippen molar-refractivity contribution in [1.29, 1.82) is 0 Å².